The molecule has 0 aliphatic heterocycles. The van der Waals surface area contributed by atoms with Crippen molar-refractivity contribution in [3.63, 3.8) is 0 Å². The number of ether oxygens (including phenoxy) is 3. The Morgan fingerprint density at radius 2 is 1.67 bits per heavy atom. The minimum atomic E-state index is -0.730. The summed E-state index contributed by atoms with van der Waals surface area (Å²) in [4.78, 5) is 12.4. The molecule has 30 heavy (non-hydrogen) atoms. The number of nitrogens with one attached hydrogen (secondary N) is 1. The summed E-state index contributed by atoms with van der Waals surface area (Å²) in [5.74, 6) is 0.862. The molecule has 1 unspecified atom stereocenters. The van der Waals surface area contributed by atoms with Gasteiger partial charge in [-0.15, -0.1) is 0 Å². The highest BCUT2D eigenvalue weighted by molar-refractivity contribution is 5.85. The Morgan fingerprint density at radius 3 is 2.33 bits per heavy atom. The highest BCUT2D eigenvalue weighted by Crippen LogP contribution is 2.28. The van der Waals surface area contributed by atoms with E-state index in [1.807, 2.05) is 72.8 Å². The first-order valence-electron chi connectivity index (χ1n) is 9.46. The summed E-state index contributed by atoms with van der Waals surface area (Å²) in [6, 6.07) is 24.6. The summed E-state index contributed by atoms with van der Waals surface area (Å²) in [5.41, 5.74) is 5.10. The largest absolute Gasteiger partial charge is 0.493 e. The third-order valence-corrected chi connectivity index (χ3v) is 4.39. The Labute approximate surface area is 176 Å². The van der Waals surface area contributed by atoms with Crippen LogP contribution in [0.2, 0.25) is 0 Å². The number of nitrogens with zero attached hydrogens (tertiary/aromatic N) is 1. The van der Waals surface area contributed by atoms with E-state index in [-0.39, 0.29) is 5.91 Å². The van der Waals surface area contributed by atoms with Crippen molar-refractivity contribution in [3.05, 3.63) is 95.6 Å². The van der Waals surface area contributed by atoms with E-state index in [4.69, 9.17) is 14.2 Å². The van der Waals surface area contributed by atoms with Crippen LogP contribution < -0.4 is 14.9 Å². The zero-order valence-electron chi connectivity index (χ0n) is 16.9. The molecule has 0 aliphatic rings. The molecule has 0 bridgehead atoms. The molecule has 0 spiro atoms. The van der Waals surface area contributed by atoms with Crippen LogP contribution in [0.3, 0.4) is 0 Å². The number of hydrogen-bond acceptors (Lipinski definition) is 5. The number of carbonyl (C=O) groups is 1. The molecule has 0 saturated heterocycles. The minimum absolute atomic E-state index is 0.352. The van der Waals surface area contributed by atoms with Crippen LogP contribution in [0.4, 0.5) is 0 Å². The first-order valence-corrected chi connectivity index (χ1v) is 9.46. The molecular weight excluding hydrogens is 380 g/mol. The van der Waals surface area contributed by atoms with Gasteiger partial charge in [-0.2, -0.15) is 5.10 Å². The molecule has 154 valence electrons. The maximum Gasteiger partial charge on any atom is 0.273 e. The van der Waals surface area contributed by atoms with Crippen molar-refractivity contribution in [3.8, 4) is 11.5 Å². The van der Waals surface area contributed by atoms with Gasteiger partial charge in [0.1, 0.15) is 6.61 Å². The van der Waals surface area contributed by atoms with Crippen molar-refractivity contribution < 1.29 is 19.0 Å². The van der Waals surface area contributed by atoms with E-state index in [1.54, 1.807) is 19.4 Å². The van der Waals surface area contributed by atoms with Crippen LogP contribution in [0, 0.1) is 0 Å². The van der Waals surface area contributed by atoms with Crippen LogP contribution in [-0.2, 0) is 16.1 Å². The fraction of sp³-hybridized carbons (Fsp3) is 0.167. The standard InChI is InChI=1S/C24H24N2O4/c1-28-22-15-19(13-14-21(22)30-17-18-9-5-3-6-10-18)16-25-26-24(27)23(29-2)20-11-7-4-8-12-20/h3-16,23H,17H2,1-2H3,(H,26,27)/b25-16+. The molecule has 3 aromatic rings. The zero-order valence-corrected chi connectivity index (χ0v) is 16.9. The molecule has 1 atom stereocenters. The molecular formula is C24H24N2O4. The number of rotatable bonds is 9. The summed E-state index contributed by atoms with van der Waals surface area (Å²) in [6.45, 7) is 0.443. The number of hydrogen-bond donors (Lipinski definition) is 1. The lowest BCUT2D eigenvalue weighted by molar-refractivity contribution is -0.131. The molecule has 6 nitrogen and oxygen atoms in total. The van der Waals surface area contributed by atoms with Gasteiger partial charge in [0.05, 0.1) is 13.3 Å². The van der Waals surface area contributed by atoms with E-state index in [9.17, 15) is 4.79 Å². The molecule has 3 rings (SSSR count). The molecule has 0 aliphatic carbocycles. The number of carbonyl (C=O) groups excluding carboxylic acids is 1. The van der Waals surface area contributed by atoms with Crippen LogP contribution in [0.15, 0.2) is 84.0 Å². The van der Waals surface area contributed by atoms with Gasteiger partial charge >= 0.3 is 0 Å². The Hall–Kier alpha value is -3.64. The molecule has 0 radical (unpaired) electrons. The van der Waals surface area contributed by atoms with Crippen LogP contribution in [0.1, 0.15) is 22.8 Å². The van der Waals surface area contributed by atoms with Gasteiger partial charge in [0, 0.05) is 7.11 Å². The quantitative estimate of drug-likeness (QED) is 0.430. The Balaban J connectivity index is 1.62. The van der Waals surface area contributed by atoms with E-state index >= 15 is 0 Å². The second-order valence-corrected chi connectivity index (χ2v) is 6.45. The Kier molecular flexibility index (Phi) is 7.58. The van der Waals surface area contributed by atoms with Gasteiger partial charge in [-0.1, -0.05) is 60.7 Å². The summed E-state index contributed by atoms with van der Waals surface area (Å²) < 4.78 is 16.6. The van der Waals surface area contributed by atoms with Crippen molar-refractivity contribution in [2.75, 3.05) is 14.2 Å². The monoisotopic (exact) mass is 404 g/mol. The highest BCUT2D eigenvalue weighted by atomic mass is 16.5. The average molecular weight is 404 g/mol. The molecule has 0 aromatic heterocycles. The van der Waals surface area contributed by atoms with Crippen molar-refractivity contribution in [1.29, 1.82) is 0 Å². The van der Waals surface area contributed by atoms with Gasteiger partial charge in [0.2, 0.25) is 0 Å². The normalized spacial score (nSPS) is 11.8. The summed E-state index contributed by atoms with van der Waals surface area (Å²) in [5, 5.41) is 4.03. The maximum absolute atomic E-state index is 12.4. The van der Waals surface area contributed by atoms with Crippen molar-refractivity contribution in [1.82, 2.24) is 5.43 Å². The second kappa shape index (κ2) is 10.8. The average Bonchev–Trinajstić information content (AvgIpc) is 2.80. The smallest absolute Gasteiger partial charge is 0.273 e. The summed E-state index contributed by atoms with van der Waals surface area (Å²) >= 11 is 0. The maximum atomic E-state index is 12.4. The van der Waals surface area contributed by atoms with Crippen LogP contribution in [0.25, 0.3) is 0 Å². The topological polar surface area (TPSA) is 69.2 Å². The predicted molar refractivity (Wildman–Crippen MR) is 116 cm³/mol. The molecule has 3 aromatic carbocycles. The lowest BCUT2D eigenvalue weighted by Crippen LogP contribution is -2.26. The Bertz CT molecular complexity index is 975. The van der Waals surface area contributed by atoms with Gasteiger partial charge < -0.3 is 14.2 Å². The van der Waals surface area contributed by atoms with E-state index in [0.717, 1.165) is 16.7 Å². The molecule has 1 N–H and O–H groups in total. The van der Waals surface area contributed by atoms with Crippen molar-refractivity contribution in [2.45, 2.75) is 12.7 Å². The Morgan fingerprint density at radius 1 is 0.967 bits per heavy atom. The van der Waals surface area contributed by atoms with Gasteiger partial charge in [0.25, 0.3) is 5.91 Å². The summed E-state index contributed by atoms with van der Waals surface area (Å²) in [6.07, 6.45) is 0.811. The third kappa shape index (κ3) is 5.68. The molecule has 0 heterocycles. The first-order chi connectivity index (χ1) is 14.7. The number of hydrazone groups is 1. The van der Waals surface area contributed by atoms with Crippen LogP contribution in [0.5, 0.6) is 11.5 Å². The number of benzene rings is 3. The third-order valence-electron chi connectivity index (χ3n) is 4.39. The fourth-order valence-electron chi connectivity index (χ4n) is 2.87. The lowest BCUT2D eigenvalue weighted by atomic mass is 10.1. The molecule has 0 saturated carbocycles. The predicted octanol–water partition coefficient (Wildman–Crippen LogP) is 4.11. The fourth-order valence-corrected chi connectivity index (χ4v) is 2.87. The van der Waals surface area contributed by atoms with Crippen molar-refractivity contribution in [2.24, 2.45) is 5.10 Å². The SMILES string of the molecule is COc1cc(/C=N/NC(=O)C(OC)c2ccccc2)ccc1OCc1ccccc1. The van der Waals surface area contributed by atoms with E-state index in [1.165, 1.54) is 7.11 Å². The van der Waals surface area contributed by atoms with E-state index < -0.39 is 6.10 Å². The first kappa shape index (κ1) is 21.1. The van der Waals surface area contributed by atoms with Gasteiger partial charge in [-0.3, -0.25) is 4.79 Å². The van der Waals surface area contributed by atoms with Gasteiger partial charge in [-0.05, 0) is 34.9 Å². The van der Waals surface area contributed by atoms with Crippen LogP contribution in [-0.4, -0.2) is 26.3 Å². The number of methoxy groups -OCH3 is 2. The van der Waals surface area contributed by atoms with Crippen molar-refractivity contribution >= 4 is 12.1 Å². The molecule has 0 fully saturated rings. The van der Waals surface area contributed by atoms with Gasteiger partial charge in [-0.25, -0.2) is 5.43 Å². The lowest BCUT2D eigenvalue weighted by Gasteiger charge is -2.13. The van der Waals surface area contributed by atoms with E-state index in [2.05, 4.69) is 10.5 Å². The summed E-state index contributed by atoms with van der Waals surface area (Å²) in [7, 11) is 3.07. The zero-order chi connectivity index (χ0) is 21.2. The van der Waals surface area contributed by atoms with Crippen LogP contribution >= 0.6 is 0 Å². The van der Waals surface area contributed by atoms with Gasteiger partial charge in [0.15, 0.2) is 17.6 Å². The molecule has 1 amide bonds. The number of amides is 1. The molecule has 6 heteroatoms. The minimum Gasteiger partial charge on any atom is -0.493 e. The highest BCUT2D eigenvalue weighted by Gasteiger charge is 2.19. The second-order valence-electron chi connectivity index (χ2n) is 6.45. The van der Waals surface area contributed by atoms with E-state index in [0.29, 0.717) is 18.1 Å².